The summed E-state index contributed by atoms with van der Waals surface area (Å²) in [4.78, 5) is 0. The SMILES string of the molecule is CCNC(C)c1ccc(OCC2CCC(C)O2)c(C)c1. The first kappa shape index (κ1) is 15.3. The summed E-state index contributed by atoms with van der Waals surface area (Å²) >= 11 is 0. The van der Waals surface area contributed by atoms with E-state index in [-0.39, 0.29) is 6.10 Å². The molecule has 1 saturated heterocycles. The lowest BCUT2D eigenvalue weighted by atomic mass is 10.1. The van der Waals surface area contributed by atoms with Gasteiger partial charge >= 0.3 is 0 Å². The lowest BCUT2D eigenvalue weighted by Crippen LogP contribution is -2.19. The largest absolute Gasteiger partial charge is 0.491 e. The van der Waals surface area contributed by atoms with Crippen molar-refractivity contribution in [3.05, 3.63) is 29.3 Å². The van der Waals surface area contributed by atoms with Crippen LogP contribution >= 0.6 is 0 Å². The summed E-state index contributed by atoms with van der Waals surface area (Å²) < 4.78 is 11.7. The first-order valence-corrected chi connectivity index (χ1v) is 7.72. The third kappa shape index (κ3) is 3.97. The van der Waals surface area contributed by atoms with E-state index in [9.17, 15) is 0 Å². The van der Waals surface area contributed by atoms with Gasteiger partial charge in [0, 0.05) is 6.04 Å². The molecule has 0 spiro atoms. The highest BCUT2D eigenvalue weighted by Crippen LogP contribution is 2.25. The smallest absolute Gasteiger partial charge is 0.122 e. The van der Waals surface area contributed by atoms with Gasteiger partial charge in [-0.1, -0.05) is 19.1 Å². The fraction of sp³-hybridized carbons (Fsp3) is 0.647. The van der Waals surface area contributed by atoms with Crippen molar-refractivity contribution in [2.75, 3.05) is 13.2 Å². The third-order valence-corrected chi connectivity index (χ3v) is 3.95. The van der Waals surface area contributed by atoms with Crippen molar-refractivity contribution in [1.82, 2.24) is 5.32 Å². The molecule has 0 radical (unpaired) electrons. The molecule has 3 atom stereocenters. The van der Waals surface area contributed by atoms with E-state index in [1.54, 1.807) is 0 Å². The van der Waals surface area contributed by atoms with Crippen molar-refractivity contribution in [3.8, 4) is 5.75 Å². The molecular weight excluding hydrogens is 250 g/mol. The Hall–Kier alpha value is -1.06. The predicted octanol–water partition coefficient (Wildman–Crippen LogP) is 3.61. The van der Waals surface area contributed by atoms with E-state index in [1.807, 2.05) is 0 Å². The molecule has 20 heavy (non-hydrogen) atoms. The van der Waals surface area contributed by atoms with Gasteiger partial charge in [0.1, 0.15) is 12.4 Å². The zero-order valence-electron chi connectivity index (χ0n) is 13.1. The molecule has 2 rings (SSSR count). The fourth-order valence-corrected chi connectivity index (χ4v) is 2.72. The van der Waals surface area contributed by atoms with Gasteiger partial charge in [-0.05, 0) is 57.4 Å². The summed E-state index contributed by atoms with van der Waals surface area (Å²) in [5.41, 5.74) is 2.50. The molecule has 3 nitrogen and oxygen atoms in total. The maximum absolute atomic E-state index is 5.92. The summed E-state index contributed by atoms with van der Waals surface area (Å²) in [5.74, 6) is 0.973. The van der Waals surface area contributed by atoms with Gasteiger partial charge in [-0.25, -0.2) is 0 Å². The van der Waals surface area contributed by atoms with Crippen molar-refractivity contribution in [3.63, 3.8) is 0 Å². The third-order valence-electron chi connectivity index (χ3n) is 3.95. The molecule has 1 aliphatic rings. The van der Waals surface area contributed by atoms with Crippen LogP contribution in [0, 0.1) is 6.92 Å². The van der Waals surface area contributed by atoms with Crippen LogP contribution in [0.5, 0.6) is 5.75 Å². The molecule has 1 aromatic carbocycles. The Morgan fingerprint density at radius 1 is 1.40 bits per heavy atom. The topological polar surface area (TPSA) is 30.5 Å². The molecule has 1 fully saturated rings. The van der Waals surface area contributed by atoms with Crippen LogP contribution in [0.1, 0.15) is 50.8 Å². The molecule has 0 saturated carbocycles. The highest BCUT2D eigenvalue weighted by Gasteiger charge is 2.22. The highest BCUT2D eigenvalue weighted by molar-refractivity contribution is 5.37. The van der Waals surface area contributed by atoms with Crippen LogP contribution in [0.4, 0.5) is 0 Å². The monoisotopic (exact) mass is 277 g/mol. The summed E-state index contributed by atoms with van der Waals surface area (Å²) in [5, 5.41) is 3.43. The lowest BCUT2D eigenvalue weighted by Gasteiger charge is -2.17. The molecule has 1 heterocycles. The van der Waals surface area contributed by atoms with E-state index >= 15 is 0 Å². The number of aryl methyl sites for hydroxylation is 1. The Balaban J connectivity index is 1.92. The van der Waals surface area contributed by atoms with Gasteiger partial charge in [0.2, 0.25) is 0 Å². The van der Waals surface area contributed by atoms with Crippen molar-refractivity contribution in [2.24, 2.45) is 0 Å². The Bertz CT molecular complexity index is 433. The molecule has 1 N–H and O–H groups in total. The van der Waals surface area contributed by atoms with Crippen LogP contribution in [0.3, 0.4) is 0 Å². The second-order valence-corrected chi connectivity index (χ2v) is 5.76. The van der Waals surface area contributed by atoms with E-state index in [1.165, 1.54) is 11.1 Å². The van der Waals surface area contributed by atoms with Gasteiger partial charge in [0.25, 0.3) is 0 Å². The van der Waals surface area contributed by atoms with Gasteiger partial charge in [-0.2, -0.15) is 0 Å². The molecule has 0 aromatic heterocycles. The van der Waals surface area contributed by atoms with Crippen LogP contribution in [0.15, 0.2) is 18.2 Å². The van der Waals surface area contributed by atoms with Crippen LogP contribution < -0.4 is 10.1 Å². The number of hydrogen-bond acceptors (Lipinski definition) is 3. The average molecular weight is 277 g/mol. The van der Waals surface area contributed by atoms with Crippen molar-refractivity contribution in [1.29, 1.82) is 0 Å². The fourth-order valence-electron chi connectivity index (χ4n) is 2.72. The van der Waals surface area contributed by atoms with Crippen LogP contribution in [0.25, 0.3) is 0 Å². The van der Waals surface area contributed by atoms with Gasteiger partial charge in [0.05, 0.1) is 12.2 Å². The minimum absolute atomic E-state index is 0.254. The van der Waals surface area contributed by atoms with Crippen LogP contribution in [-0.2, 0) is 4.74 Å². The molecule has 112 valence electrons. The molecular formula is C17H27NO2. The molecule has 3 heteroatoms. The van der Waals surface area contributed by atoms with Gasteiger partial charge < -0.3 is 14.8 Å². The average Bonchev–Trinajstić information content (AvgIpc) is 2.83. The zero-order valence-corrected chi connectivity index (χ0v) is 13.1. The first-order chi connectivity index (χ1) is 9.60. The van der Waals surface area contributed by atoms with E-state index < -0.39 is 0 Å². The Labute approximate surface area is 122 Å². The standard InChI is InChI=1S/C17H27NO2/c1-5-18-14(4)15-7-9-17(12(2)10-15)19-11-16-8-6-13(3)20-16/h7,9-10,13-14,16,18H,5-6,8,11H2,1-4H3. The molecule has 1 aliphatic heterocycles. The van der Waals surface area contributed by atoms with Crippen molar-refractivity contribution in [2.45, 2.75) is 58.8 Å². The Morgan fingerprint density at radius 3 is 2.80 bits per heavy atom. The normalized spacial score (nSPS) is 23.8. The van der Waals surface area contributed by atoms with E-state index in [4.69, 9.17) is 9.47 Å². The van der Waals surface area contributed by atoms with E-state index in [0.717, 1.165) is 25.1 Å². The summed E-state index contributed by atoms with van der Waals surface area (Å²) in [7, 11) is 0. The second kappa shape index (κ2) is 7.09. The molecule has 3 unspecified atom stereocenters. The number of rotatable bonds is 6. The van der Waals surface area contributed by atoms with E-state index in [0.29, 0.717) is 18.8 Å². The van der Waals surface area contributed by atoms with Gasteiger partial charge in [0.15, 0.2) is 0 Å². The van der Waals surface area contributed by atoms with Gasteiger partial charge in [-0.3, -0.25) is 0 Å². The number of benzene rings is 1. The number of hydrogen-bond donors (Lipinski definition) is 1. The van der Waals surface area contributed by atoms with Crippen LogP contribution in [0.2, 0.25) is 0 Å². The summed E-state index contributed by atoms with van der Waals surface area (Å²) in [6.45, 7) is 10.2. The molecule has 0 aliphatic carbocycles. The lowest BCUT2D eigenvalue weighted by molar-refractivity contribution is 0.0263. The minimum atomic E-state index is 0.254. The maximum Gasteiger partial charge on any atom is 0.122 e. The van der Waals surface area contributed by atoms with Gasteiger partial charge in [-0.15, -0.1) is 0 Å². The minimum Gasteiger partial charge on any atom is -0.491 e. The molecule has 0 bridgehead atoms. The molecule has 0 amide bonds. The maximum atomic E-state index is 5.92. The quantitative estimate of drug-likeness (QED) is 0.861. The number of ether oxygens (including phenoxy) is 2. The Morgan fingerprint density at radius 2 is 2.20 bits per heavy atom. The van der Waals surface area contributed by atoms with Crippen LogP contribution in [-0.4, -0.2) is 25.4 Å². The first-order valence-electron chi connectivity index (χ1n) is 7.72. The zero-order chi connectivity index (χ0) is 14.5. The van der Waals surface area contributed by atoms with Crippen molar-refractivity contribution >= 4 is 0 Å². The summed E-state index contributed by atoms with van der Waals surface area (Å²) in [6.07, 6.45) is 2.89. The number of nitrogens with one attached hydrogen (secondary N) is 1. The Kier molecular flexibility index (Phi) is 5.44. The highest BCUT2D eigenvalue weighted by atomic mass is 16.5. The van der Waals surface area contributed by atoms with Crippen molar-refractivity contribution < 1.29 is 9.47 Å². The molecule has 1 aromatic rings. The summed E-state index contributed by atoms with van der Waals surface area (Å²) in [6, 6.07) is 6.82. The predicted molar refractivity (Wildman–Crippen MR) is 82.3 cm³/mol. The van der Waals surface area contributed by atoms with E-state index in [2.05, 4.69) is 51.2 Å². The second-order valence-electron chi connectivity index (χ2n) is 5.76.